The van der Waals surface area contributed by atoms with E-state index in [0.29, 0.717) is 23.5 Å². The second-order valence-electron chi connectivity index (χ2n) is 6.49. The van der Waals surface area contributed by atoms with Crippen molar-refractivity contribution in [3.8, 4) is 11.3 Å². The second-order valence-corrected chi connectivity index (χ2v) is 6.49. The molecular formula is C18H17F3N6. The summed E-state index contributed by atoms with van der Waals surface area (Å²) in [5.74, 6) is 0.803. The Bertz CT molecular complexity index is 995. The fourth-order valence-electron chi connectivity index (χ4n) is 3.38. The van der Waals surface area contributed by atoms with Gasteiger partial charge in [0.15, 0.2) is 0 Å². The van der Waals surface area contributed by atoms with Crippen LogP contribution in [0.5, 0.6) is 0 Å². The Balaban J connectivity index is 1.71. The summed E-state index contributed by atoms with van der Waals surface area (Å²) < 4.78 is 38.7. The van der Waals surface area contributed by atoms with Crippen molar-refractivity contribution in [2.45, 2.75) is 33.0 Å². The van der Waals surface area contributed by atoms with Gasteiger partial charge in [-0.25, -0.2) is 9.97 Å². The highest BCUT2D eigenvalue weighted by molar-refractivity contribution is 5.67. The fraction of sp³-hybridized carbons (Fsp3) is 0.333. The van der Waals surface area contributed by atoms with Crippen LogP contribution in [0, 0.1) is 13.8 Å². The molecule has 0 unspecified atom stereocenters. The Hall–Kier alpha value is -2.97. The normalized spacial score (nSPS) is 14.3. The van der Waals surface area contributed by atoms with Gasteiger partial charge in [-0.2, -0.15) is 18.3 Å². The van der Waals surface area contributed by atoms with Gasteiger partial charge in [-0.05, 0) is 26.0 Å². The van der Waals surface area contributed by atoms with Gasteiger partial charge in [-0.3, -0.25) is 10.1 Å². The summed E-state index contributed by atoms with van der Waals surface area (Å²) in [6, 6.07) is 2.44. The molecule has 0 spiro atoms. The lowest BCUT2D eigenvalue weighted by atomic mass is 10.00. The minimum atomic E-state index is -4.46. The van der Waals surface area contributed by atoms with Crippen LogP contribution >= 0.6 is 0 Å². The number of alkyl halides is 3. The Morgan fingerprint density at radius 3 is 2.56 bits per heavy atom. The molecule has 1 aliphatic heterocycles. The van der Waals surface area contributed by atoms with E-state index in [9.17, 15) is 13.2 Å². The zero-order chi connectivity index (χ0) is 19.2. The molecule has 0 saturated carbocycles. The van der Waals surface area contributed by atoms with Crippen LogP contribution < -0.4 is 4.90 Å². The lowest BCUT2D eigenvalue weighted by molar-refractivity contribution is -0.141. The summed E-state index contributed by atoms with van der Waals surface area (Å²) in [5, 5.41) is 7.38. The Morgan fingerprint density at radius 2 is 1.85 bits per heavy atom. The van der Waals surface area contributed by atoms with Gasteiger partial charge in [0, 0.05) is 54.4 Å². The molecule has 0 aliphatic carbocycles. The number of rotatable bonds is 2. The molecule has 0 aromatic carbocycles. The van der Waals surface area contributed by atoms with Gasteiger partial charge in [0.25, 0.3) is 0 Å². The topological polar surface area (TPSA) is 70.6 Å². The van der Waals surface area contributed by atoms with Crippen molar-refractivity contribution < 1.29 is 13.2 Å². The van der Waals surface area contributed by atoms with Gasteiger partial charge in [0.05, 0.1) is 11.4 Å². The van der Waals surface area contributed by atoms with E-state index in [2.05, 4.69) is 30.0 Å². The molecule has 1 N–H and O–H groups in total. The van der Waals surface area contributed by atoms with Crippen LogP contribution in [0.2, 0.25) is 0 Å². The zero-order valence-electron chi connectivity index (χ0n) is 14.8. The molecule has 140 valence electrons. The number of hydrogen-bond donors (Lipinski definition) is 1. The van der Waals surface area contributed by atoms with Crippen molar-refractivity contribution in [2.75, 3.05) is 11.4 Å². The monoisotopic (exact) mass is 374 g/mol. The van der Waals surface area contributed by atoms with Gasteiger partial charge in [0.2, 0.25) is 0 Å². The average Bonchev–Trinajstić information content (AvgIpc) is 3.04. The van der Waals surface area contributed by atoms with Crippen LogP contribution in [0.25, 0.3) is 11.3 Å². The highest BCUT2D eigenvalue weighted by Gasteiger charge is 2.33. The maximum atomic E-state index is 12.9. The minimum absolute atomic E-state index is 0.298. The minimum Gasteiger partial charge on any atom is -0.350 e. The van der Waals surface area contributed by atoms with Crippen LogP contribution in [0.4, 0.5) is 19.0 Å². The number of nitrogens with zero attached hydrogens (tertiary/aromatic N) is 5. The number of aromatic amines is 1. The van der Waals surface area contributed by atoms with Crippen LogP contribution in [-0.4, -0.2) is 31.7 Å². The molecule has 9 heteroatoms. The molecule has 3 aromatic rings. The van der Waals surface area contributed by atoms with Crippen molar-refractivity contribution in [3.63, 3.8) is 0 Å². The smallest absolute Gasteiger partial charge is 0.350 e. The van der Waals surface area contributed by atoms with Crippen LogP contribution in [-0.2, 0) is 19.1 Å². The molecule has 0 saturated heterocycles. The first kappa shape index (κ1) is 17.4. The molecule has 4 heterocycles. The molecule has 3 aromatic heterocycles. The van der Waals surface area contributed by atoms with Crippen LogP contribution in [0.3, 0.4) is 0 Å². The van der Waals surface area contributed by atoms with Crippen molar-refractivity contribution in [2.24, 2.45) is 0 Å². The Morgan fingerprint density at radius 1 is 1.07 bits per heavy atom. The summed E-state index contributed by atoms with van der Waals surface area (Å²) >= 11 is 0. The van der Waals surface area contributed by atoms with Crippen molar-refractivity contribution in [1.82, 2.24) is 25.1 Å². The molecule has 1 aliphatic rings. The van der Waals surface area contributed by atoms with E-state index in [1.807, 2.05) is 6.92 Å². The largest absolute Gasteiger partial charge is 0.433 e. The maximum Gasteiger partial charge on any atom is 0.433 e. The van der Waals surface area contributed by atoms with Gasteiger partial charge >= 0.3 is 6.18 Å². The third-order valence-electron chi connectivity index (χ3n) is 4.72. The number of aromatic nitrogens is 5. The van der Waals surface area contributed by atoms with E-state index in [-0.39, 0.29) is 0 Å². The number of nitrogens with one attached hydrogen (secondary N) is 1. The quantitative estimate of drug-likeness (QED) is 0.744. The fourth-order valence-corrected chi connectivity index (χ4v) is 3.38. The van der Waals surface area contributed by atoms with Gasteiger partial charge in [-0.15, -0.1) is 0 Å². The lowest BCUT2D eigenvalue weighted by Gasteiger charge is -2.28. The number of aryl methyl sites for hydroxylation is 2. The Kier molecular flexibility index (Phi) is 4.09. The molecule has 0 atom stereocenters. The summed E-state index contributed by atoms with van der Waals surface area (Å²) in [4.78, 5) is 14.5. The molecular weight excluding hydrogens is 357 g/mol. The zero-order valence-corrected chi connectivity index (χ0v) is 14.8. The average molecular weight is 374 g/mol. The summed E-state index contributed by atoms with van der Waals surface area (Å²) in [5.41, 5.74) is 3.40. The highest BCUT2D eigenvalue weighted by atomic mass is 19.4. The number of anilines is 1. The van der Waals surface area contributed by atoms with E-state index in [0.717, 1.165) is 41.8 Å². The number of pyridine rings is 1. The van der Waals surface area contributed by atoms with E-state index < -0.39 is 11.9 Å². The molecule has 0 bridgehead atoms. The summed E-state index contributed by atoms with van der Waals surface area (Å²) in [6.07, 6.45) is -0.424. The number of halogens is 3. The van der Waals surface area contributed by atoms with Gasteiger partial charge in [-0.1, -0.05) is 0 Å². The molecule has 0 fully saturated rings. The first-order valence-corrected chi connectivity index (χ1v) is 8.48. The van der Waals surface area contributed by atoms with Crippen molar-refractivity contribution in [1.29, 1.82) is 0 Å². The molecule has 0 radical (unpaired) electrons. The van der Waals surface area contributed by atoms with E-state index in [1.165, 1.54) is 6.07 Å². The molecule has 27 heavy (non-hydrogen) atoms. The first-order valence-electron chi connectivity index (χ1n) is 8.48. The molecule has 0 amide bonds. The maximum absolute atomic E-state index is 12.9. The third-order valence-corrected chi connectivity index (χ3v) is 4.72. The molecule has 4 rings (SSSR count). The highest BCUT2D eigenvalue weighted by Crippen LogP contribution is 2.34. The lowest BCUT2D eigenvalue weighted by Crippen LogP contribution is -2.31. The standard InChI is InChI=1S/C18H17F3N6/c1-10-12(3-4-15(24-10)18(19,20)21)16-13-9-27(8-5-14(13)25-26-16)17-11(2)22-6-7-23-17/h3-4,6-7H,5,8-9H2,1-2H3,(H,25,26). The van der Waals surface area contributed by atoms with E-state index in [4.69, 9.17) is 0 Å². The molecule has 6 nitrogen and oxygen atoms in total. The predicted octanol–water partition coefficient (Wildman–Crippen LogP) is 3.46. The second kappa shape index (κ2) is 6.33. The first-order chi connectivity index (χ1) is 12.8. The van der Waals surface area contributed by atoms with Gasteiger partial charge < -0.3 is 4.90 Å². The van der Waals surface area contributed by atoms with E-state index >= 15 is 0 Å². The number of hydrogen-bond acceptors (Lipinski definition) is 5. The number of fused-ring (bicyclic) bond motifs is 1. The van der Waals surface area contributed by atoms with Crippen LogP contribution in [0.1, 0.15) is 28.3 Å². The number of H-pyrrole nitrogens is 1. The van der Waals surface area contributed by atoms with Crippen molar-refractivity contribution in [3.05, 3.63) is 52.9 Å². The predicted molar refractivity (Wildman–Crippen MR) is 93.1 cm³/mol. The van der Waals surface area contributed by atoms with Gasteiger partial charge in [0.1, 0.15) is 11.5 Å². The van der Waals surface area contributed by atoms with Crippen LogP contribution in [0.15, 0.2) is 24.5 Å². The summed E-state index contributed by atoms with van der Waals surface area (Å²) in [6.45, 7) is 4.79. The SMILES string of the molecule is Cc1nc(C(F)(F)F)ccc1-c1n[nH]c2c1CN(c1nccnc1C)CC2. The summed E-state index contributed by atoms with van der Waals surface area (Å²) in [7, 11) is 0. The third kappa shape index (κ3) is 3.13. The van der Waals surface area contributed by atoms with E-state index in [1.54, 1.807) is 19.3 Å². The Labute approximate surface area is 153 Å². The van der Waals surface area contributed by atoms with Crippen molar-refractivity contribution >= 4 is 5.82 Å².